The van der Waals surface area contributed by atoms with Gasteiger partial charge in [-0.05, 0) is 85.9 Å². The van der Waals surface area contributed by atoms with Gasteiger partial charge < -0.3 is 20.9 Å². The van der Waals surface area contributed by atoms with Crippen molar-refractivity contribution in [3.05, 3.63) is 59.7 Å². The standard InChI is InChI=1S/C27H31F5N2O3/c28-26(29,30)17-19-3-9-21(10-4-19)27(31,32)37-23-12-5-18(6-13-23)7-14-25(35)36-15-1-2-20-8-11-22(33)16-24(20)34/h5-8,11-14,16,19,21H,1-4,9-10,15,17,33-34H2/b14-7+. The largest absolute Gasteiger partial charge is 0.463 e. The van der Waals surface area contributed by atoms with Crippen molar-refractivity contribution < 1.29 is 36.2 Å². The molecule has 202 valence electrons. The molecule has 37 heavy (non-hydrogen) atoms. The van der Waals surface area contributed by atoms with Crippen molar-refractivity contribution >= 4 is 23.4 Å². The van der Waals surface area contributed by atoms with Crippen molar-refractivity contribution in [2.24, 2.45) is 11.8 Å². The van der Waals surface area contributed by atoms with E-state index in [2.05, 4.69) is 0 Å². The molecule has 1 aliphatic carbocycles. The van der Waals surface area contributed by atoms with Crippen molar-refractivity contribution in [2.75, 3.05) is 18.1 Å². The topological polar surface area (TPSA) is 87.6 Å². The van der Waals surface area contributed by atoms with E-state index >= 15 is 0 Å². The molecule has 0 amide bonds. The number of ether oxygens (including phenoxy) is 2. The van der Waals surface area contributed by atoms with Gasteiger partial charge >= 0.3 is 18.3 Å². The van der Waals surface area contributed by atoms with E-state index in [1.54, 1.807) is 12.1 Å². The summed E-state index contributed by atoms with van der Waals surface area (Å²) in [6.07, 6.45) is -4.62. The second-order valence-electron chi connectivity index (χ2n) is 9.33. The average Bonchev–Trinajstić information content (AvgIpc) is 2.81. The van der Waals surface area contributed by atoms with E-state index < -0.39 is 36.5 Å². The predicted octanol–water partition coefficient (Wildman–Crippen LogP) is 6.77. The van der Waals surface area contributed by atoms with Gasteiger partial charge in [-0.1, -0.05) is 18.2 Å². The highest BCUT2D eigenvalue weighted by Crippen LogP contribution is 2.42. The lowest BCUT2D eigenvalue weighted by molar-refractivity contribution is -0.225. The van der Waals surface area contributed by atoms with Crippen LogP contribution in [0.1, 0.15) is 49.7 Å². The lowest BCUT2D eigenvalue weighted by Crippen LogP contribution is -2.37. The molecule has 0 unspecified atom stereocenters. The fourth-order valence-corrected chi connectivity index (χ4v) is 4.41. The summed E-state index contributed by atoms with van der Waals surface area (Å²) in [6.45, 7) is 0.201. The fraction of sp³-hybridized carbons (Fsp3) is 0.444. The van der Waals surface area contributed by atoms with E-state index in [1.165, 1.54) is 36.4 Å². The third-order valence-electron chi connectivity index (χ3n) is 6.39. The summed E-state index contributed by atoms with van der Waals surface area (Å²) >= 11 is 0. The number of nitrogen functional groups attached to an aromatic ring is 2. The van der Waals surface area contributed by atoms with Gasteiger partial charge in [-0.25, -0.2) is 4.79 Å². The maximum atomic E-state index is 14.6. The first kappa shape index (κ1) is 28.3. The van der Waals surface area contributed by atoms with E-state index in [9.17, 15) is 26.7 Å². The Morgan fingerprint density at radius 1 is 0.973 bits per heavy atom. The second-order valence-corrected chi connectivity index (χ2v) is 9.33. The number of carbonyl (C=O) groups excluding carboxylic acids is 1. The lowest BCUT2D eigenvalue weighted by atomic mass is 9.80. The summed E-state index contributed by atoms with van der Waals surface area (Å²) in [4.78, 5) is 11.9. The zero-order chi connectivity index (χ0) is 27.1. The molecule has 4 N–H and O–H groups in total. The van der Waals surface area contributed by atoms with Gasteiger partial charge in [0.1, 0.15) is 5.75 Å². The minimum Gasteiger partial charge on any atom is -0.463 e. The average molecular weight is 527 g/mol. The molecule has 0 radical (unpaired) electrons. The van der Waals surface area contributed by atoms with Crippen molar-refractivity contribution in [1.82, 2.24) is 0 Å². The quantitative estimate of drug-likeness (QED) is 0.117. The summed E-state index contributed by atoms with van der Waals surface area (Å²) in [5, 5.41) is 0. The molecular weight excluding hydrogens is 495 g/mol. The van der Waals surface area contributed by atoms with Crippen LogP contribution in [0, 0.1) is 11.8 Å². The SMILES string of the molecule is Nc1ccc(CCCOC(=O)/C=C/c2ccc(OC(F)(F)C3CCC(CC(F)(F)F)CC3)cc2)c(N)c1. The zero-order valence-corrected chi connectivity index (χ0v) is 20.3. The van der Waals surface area contributed by atoms with Gasteiger partial charge in [0.2, 0.25) is 0 Å². The molecular formula is C27H31F5N2O3. The first-order valence-electron chi connectivity index (χ1n) is 12.1. The van der Waals surface area contributed by atoms with Gasteiger partial charge in [0.05, 0.1) is 12.5 Å². The lowest BCUT2D eigenvalue weighted by Gasteiger charge is -2.33. The third kappa shape index (κ3) is 9.26. The molecule has 2 aromatic carbocycles. The van der Waals surface area contributed by atoms with Gasteiger partial charge in [0.15, 0.2) is 0 Å². The minimum atomic E-state index is -4.28. The van der Waals surface area contributed by atoms with Gasteiger partial charge in [-0.3, -0.25) is 0 Å². The first-order chi connectivity index (χ1) is 17.4. The van der Waals surface area contributed by atoms with E-state index in [4.69, 9.17) is 20.9 Å². The smallest absolute Gasteiger partial charge is 0.400 e. The van der Waals surface area contributed by atoms with Crippen LogP contribution in [-0.4, -0.2) is 24.9 Å². The number of anilines is 2. The van der Waals surface area contributed by atoms with Crippen molar-refractivity contribution in [3.8, 4) is 5.75 Å². The van der Waals surface area contributed by atoms with E-state index in [0.29, 0.717) is 29.8 Å². The highest BCUT2D eigenvalue weighted by Gasteiger charge is 2.45. The number of benzene rings is 2. The number of esters is 1. The number of nitrogens with two attached hydrogens (primary N) is 2. The highest BCUT2D eigenvalue weighted by molar-refractivity contribution is 5.87. The van der Waals surface area contributed by atoms with Crippen LogP contribution < -0.4 is 16.2 Å². The van der Waals surface area contributed by atoms with Crippen LogP contribution in [0.2, 0.25) is 0 Å². The number of hydrogen-bond donors (Lipinski definition) is 2. The van der Waals surface area contributed by atoms with Crippen LogP contribution in [0.3, 0.4) is 0 Å². The molecule has 0 aromatic heterocycles. The molecule has 0 bridgehead atoms. The number of halogens is 5. The summed E-state index contributed by atoms with van der Waals surface area (Å²) in [5.74, 6) is -2.36. The fourth-order valence-electron chi connectivity index (χ4n) is 4.41. The summed E-state index contributed by atoms with van der Waals surface area (Å²) in [5.41, 5.74) is 14.2. The van der Waals surface area contributed by atoms with Crippen LogP contribution in [0.15, 0.2) is 48.5 Å². The first-order valence-corrected chi connectivity index (χ1v) is 12.1. The molecule has 5 nitrogen and oxygen atoms in total. The molecule has 1 fully saturated rings. The van der Waals surface area contributed by atoms with Crippen molar-refractivity contribution in [3.63, 3.8) is 0 Å². The summed E-state index contributed by atoms with van der Waals surface area (Å²) < 4.78 is 76.8. The highest BCUT2D eigenvalue weighted by atomic mass is 19.4. The Labute approximate surface area is 212 Å². The monoisotopic (exact) mass is 526 g/mol. The van der Waals surface area contributed by atoms with Crippen LogP contribution >= 0.6 is 0 Å². The molecule has 0 heterocycles. The number of aryl methyl sites for hydroxylation is 1. The maximum Gasteiger partial charge on any atom is 0.400 e. The second kappa shape index (κ2) is 12.3. The van der Waals surface area contributed by atoms with Crippen molar-refractivity contribution in [2.45, 2.75) is 57.2 Å². The maximum absolute atomic E-state index is 14.6. The Kier molecular flexibility index (Phi) is 9.39. The molecule has 3 rings (SSSR count). The molecule has 0 atom stereocenters. The van der Waals surface area contributed by atoms with Crippen LogP contribution in [0.5, 0.6) is 5.75 Å². The molecule has 0 saturated heterocycles. The van der Waals surface area contributed by atoms with Gasteiger partial charge in [0.25, 0.3) is 0 Å². The van der Waals surface area contributed by atoms with Crippen LogP contribution in [0.25, 0.3) is 6.08 Å². The third-order valence-corrected chi connectivity index (χ3v) is 6.39. The summed E-state index contributed by atoms with van der Waals surface area (Å²) in [7, 11) is 0. The molecule has 0 spiro atoms. The molecule has 2 aromatic rings. The van der Waals surface area contributed by atoms with E-state index in [1.807, 2.05) is 6.07 Å². The molecule has 10 heteroatoms. The van der Waals surface area contributed by atoms with Crippen LogP contribution in [0.4, 0.5) is 33.3 Å². The van der Waals surface area contributed by atoms with Gasteiger partial charge in [-0.2, -0.15) is 22.0 Å². The predicted molar refractivity (Wildman–Crippen MR) is 132 cm³/mol. The minimum absolute atomic E-state index is 0.0238. The van der Waals surface area contributed by atoms with E-state index in [0.717, 1.165) is 5.56 Å². The van der Waals surface area contributed by atoms with Crippen molar-refractivity contribution in [1.29, 1.82) is 0 Å². The zero-order valence-electron chi connectivity index (χ0n) is 20.3. The summed E-state index contributed by atoms with van der Waals surface area (Å²) in [6, 6.07) is 11.0. The Morgan fingerprint density at radius 2 is 1.65 bits per heavy atom. The molecule has 0 aliphatic heterocycles. The molecule has 1 saturated carbocycles. The van der Waals surface area contributed by atoms with Gasteiger partial charge in [-0.15, -0.1) is 0 Å². The number of carbonyl (C=O) groups is 1. The number of rotatable bonds is 10. The van der Waals surface area contributed by atoms with Crippen LogP contribution in [-0.2, 0) is 16.0 Å². The Bertz CT molecular complexity index is 1060. The Hall–Kier alpha value is -3.30. The Morgan fingerprint density at radius 3 is 2.27 bits per heavy atom. The number of hydrogen-bond acceptors (Lipinski definition) is 5. The number of alkyl halides is 5. The van der Waals surface area contributed by atoms with E-state index in [-0.39, 0.29) is 38.0 Å². The normalized spacial score (nSPS) is 18.6. The van der Waals surface area contributed by atoms with Gasteiger partial charge in [0, 0.05) is 23.9 Å². The Balaban J connectivity index is 1.41. The molecule has 1 aliphatic rings.